The molecule has 6 nitrogen and oxygen atoms in total. The molecule has 6 heteroatoms. The van der Waals surface area contributed by atoms with Gasteiger partial charge in [0.2, 0.25) is 11.8 Å². The summed E-state index contributed by atoms with van der Waals surface area (Å²) >= 11 is 0. The van der Waals surface area contributed by atoms with Gasteiger partial charge in [-0.2, -0.15) is 0 Å². The molecule has 2 amide bonds. The summed E-state index contributed by atoms with van der Waals surface area (Å²) in [5, 5.41) is 6.85. The number of anilines is 1. The van der Waals surface area contributed by atoms with Gasteiger partial charge < -0.3 is 9.84 Å². The first-order valence-corrected chi connectivity index (χ1v) is 8.06. The molecule has 0 saturated carbocycles. The van der Waals surface area contributed by atoms with Crippen LogP contribution in [0.1, 0.15) is 29.5 Å². The summed E-state index contributed by atoms with van der Waals surface area (Å²) in [5.41, 5.74) is 3.73. The molecule has 3 rings (SSSR count). The highest BCUT2D eigenvalue weighted by Gasteiger charge is 2.36. The largest absolute Gasteiger partial charge is 0.361 e. The molecule has 1 N–H and O–H groups in total. The van der Waals surface area contributed by atoms with Crippen LogP contribution in [0.15, 0.2) is 28.8 Å². The van der Waals surface area contributed by atoms with Crippen LogP contribution in [0.2, 0.25) is 0 Å². The second kappa shape index (κ2) is 6.47. The first-order chi connectivity index (χ1) is 11.5. The number of nitrogens with one attached hydrogen (secondary N) is 1. The van der Waals surface area contributed by atoms with Gasteiger partial charge in [-0.25, -0.2) is 0 Å². The molecule has 0 bridgehead atoms. The van der Waals surface area contributed by atoms with E-state index in [1.54, 1.807) is 4.90 Å². The zero-order valence-corrected chi connectivity index (χ0v) is 14.1. The standard InChI is InChI=1S/C18H21N3O3/c1-11-15(12(2)24-20-11)8-9-19-18(23)17-10-14-6-4-5-7-16(14)21(17)13(3)22/h4-7,17H,8-10H2,1-3H3,(H,19,23)/t17-/m1/s1. The fourth-order valence-corrected chi connectivity index (χ4v) is 3.27. The van der Waals surface area contributed by atoms with Crippen molar-refractivity contribution in [3.63, 3.8) is 0 Å². The number of aromatic nitrogens is 1. The van der Waals surface area contributed by atoms with Crippen LogP contribution < -0.4 is 10.2 Å². The average molecular weight is 327 g/mol. The van der Waals surface area contributed by atoms with E-state index < -0.39 is 6.04 Å². The van der Waals surface area contributed by atoms with Crippen molar-refractivity contribution in [3.8, 4) is 0 Å². The van der Waals surface area contributed by atoms with E-state index in [0.29, 0.717) is 19.4 Å². The molecule has 0 radical (unpaired) electrons. The molecule has 24 heavy (non-hydrogen) atoms. The summed E-state index contributed by atoms with van der Waals surface area (Å²) in [6.07, 6.45) is 1.21. The van der Waals surface area contributed by atoms with E-state index in [0.717, 1.165) is 28.3 Å². The van der Waals surface area contributed by atoms with Gasteiger partial charge in [-0.1, -0.05) is 23.4 Å². The lowest BCUT2D eigenvalue weighted by molar-refractivity contribution is -0.125. The van der Waals surface area contributed by atoms with Crippen LogP contribution in [0.25, 0.3) is 0 Å². The number of nitrogens with zero attached hydrogens (tertiary/aromatic N) is 2. The van der Waals surface area contributed by atoms with Crippen LogP contribution in [-0.2, 0) is 22.4 Å². The Balaban J connectivity index is 1.66. The Bertz CT molecular complexity index is 762. The number of aryl methyl sites for hydroxylation is 2. The number of hydrogen-bond acceptors (Lipinski definition) is 4. The molecule has 126 valence electrons. The minimum Gasteiger partial charge on any atom is -0.361 e. The SMILES string of the molecule is CC(=O)N1c2ccccc2C[C@@H]1C(=O)NCCc1c(C)noc1C. The van der Waals surface area contributed by atoms with Gasteiger partial charge in [0.1, 0.15) is 11.8 Å². The number of carbonyl (C=O) groups is 2. The monoisotopic (exact) mass is 327 g/mol. The van der Waals surface area contributed by atoms with Crippen LogP contribution in [-0.4, -0.2) is 29.6 Å². The lowest BCUT2D eigenvalue weighted by atomic mass is 10.1. The quantitative estimate of drug-likeness (QED) is 0.931. The highest BCUT2D eigenvalue weighted by Crippen LogP contribution is 2.32. The van der Waals surface area contributed by atoms with E-state index in [1.807, 2.05) is 38.1 Å². The summed E-state index contributed by atoms with van der Waals surface area (Å²) in [6, 6.07) is 7.17. The normalized spacial score (nSPS) is 16.1. The fraction of sp³-hybridized carbons (Fsp3) is 0.389. The van der Waals surface area contributed by atoms with Crippen LogP contribution >= 0.6 is 0 Å². The van der Waals surface area contributed by atoms with Crippen LogP contribution in [0.3, 0.4) is 0 Å². The van der Waals surface area contributed by atoms with Gasteiger partial charge in [-0.3, -0.25) is 14.5 Å². The predicted octanol–water partition coefficient (Wildman–Crippen LogP) is 1.93. The Morgan fingerprint density at radius 1 is 1.33 bits per heavy atom. The number of carbonyl (C=O) groups excluding carboxylic acids is 2. The van der Waals surface area contributed by atoms with Crippen molar-refractivity contribution in [2.24, 2.45) is 0 Å². The molecule has 1 aliphatic rings. The van der Waals surface area contributed by atoms with Crippen molar-refractivity contribution >= 4 is 17.5 Å². The molecule has 1 atom stereocenters. The third kappa shape index (κ3) is 2.91. The molecule has 0 fully saturated rings. The van der Waals surface area contributed by atoms with Crippen molar-refractivity contribution in [1.82, 2.24) is 10.5 Å². The van der Waals surface area contributed by atoms with Crippen molar-refractivity contribution in [2.45, 2.75) is 39.7 Å². The van der Waals surface area contributed by atoms with Gasteiger partial charge in [0.15, 0.2) is 0 Å². The Hall–Kier alpha value is -2.63. The minimum atomic E-state index is -0.482. The second-order valence-electron chi connectivity index (χ2n) is 6.08. The fourth-order valence-electron chi connectivity index (χ4n) is 3.27. The first kappa shape index (κ1) is 16.2. The summed E-state index contributed by atoms with van der Waals surface area (Å²) in [5.74, 6) is 0.527. The molecule has 1 aliphatic heterocycles. The van der Waals surface area contributed by atoms with Crippen molar-refractivity contribution in [1.29, 1.82) is 0 Å². The first-order valence-electron chi connectivity index (χ1n) is 8.06. The summed E-state index contributed by atoms with van der Waals surface area (Å²) in [4.78, 5) is 26.2. The van der Waals surface area contributed by atoms with Crippen LogP contribution in [0.4, 0.5) is 5.69 Å². The number of rotatable bonds is 4. The van der Waals surface area contributed by atoms with Gasteiger partial charge in [-0.15, -0.1) is 0 Å². The Morgan fingerprint density at radius 2 is 2.08 bits per heavy atom. The Kier molecular flexibility index (Phi) is 4.38. The number of benzene rings is 1. The third-order valence-electron chi connectivity index (χ3n) is 4.47. The molecule has 0 unspecified atom stereocenters. The molecular formula is C18H21N3O3. The predicted molar refractivity (Wildman–Crippen MR) is 89.8 cm³/mol. The van der Waals surface area contributed by atoms with E-state index in [9.17, 15) is 9.59 Å². The van der Waals surface area contributed by atoms with E-state index in [1.165, 1.54) is 6.92 Å². The van der Waals surface area contributed by atoms with Gasteiger partial charge in [0.05, 0.1) is 5.69 Å². The number of fused-ring (bicyclic) bond motifs is 1. The molecule has 0 spiro atoms. The topological polar surface area (TPSA) is 75.4 Å². The van der Waals surface area contributed by atoms with E-state index in [4.69, 9.17) is 4.52 Å². The maximum Gasteiger partial charge on any atom is 0.243 e. The third-order valence-corrected chi connectivity index (χ3v) is 4.47. The van der Waals surface area contributed by atoms with Gasteiger partial charge >= 0.3 is 0 Å². The summed E-state index contributed by atoms with van der Waals surface area (Å²) in [7, 11) is 0. The Labute approximate surface area is 140 Å². The molecule has 1 aromatic carbocycles. The molecule has 2 aromatic rings. The minimum absolute atomic E-state index is 0.120. The number of amides is 2. The highest BCUT2D eigenvalue weighted by molar-refractivity contribution is 6.02. The second-order valence-corrected chi connectivity index (χ2v) is 6.08. The molecule has 0 saturated heterocycles. The maximum atomic E-state index is 12.6. The number of hydrogen-bond donors (Lipinski definition) is 1. The Morgan fingerprint density at radius 3 is 2.75 bits per heavy atom. The van der Waals surface area contributed by atoms with Crippen LogP contribution in [0, 0.1) is 13.8 Å². The van der Waals surface area contributed by atoms with E-state index in [-0.39, 0.29) is 11.8 Å². The maximum absolute atomic E-state index is 12.6. The lowest BCUT2D eigenvalue weighted by Gasteiger charge is -2.23. The molecule has 1 aromatic heterocycles. The van der Waals surface area contributed by atoms with Gasteiger partial charge in [0, 0.05) is 31.1 Å². The van der Waals surface area contributed by atoms with Gasteiger partial charge in [-0.05, 0) is 31.9 Å². The van der Waals surface area contributed by atoms with E-state index in [2.05, 4.69) is 10.5 Å². The number of para-hydroxylation sites is 1. The highest BCUT2D eigenvalue weighted by atomic mass is 16.5. The van der Waals surface area contributed by atoms with Crippen LogP contribution in [0.5, 0.6) is 0 Å². The van der Waals surface area contributed by atoms with Crippen molar-refractivity contribution in [3.05, 3.63) is 46.8 Å². The summed E-state index contributed by atoms with van der Waals surface area (Å²) in [6.45, 7) is 5.73. The summed E-state index contributed by atoms with van der Waals surface area (Å²) < 4.78 is 5.13. The van der Waals surface area contributed by atoms with Crippen molar-refractivity contribution < 1.29 is 14.1 Å². The zero-order chi connectivity index (χ0) is 17.3. The molecule has 2 heterocycles. The lowest BCUT2D eigenvalue weighted by Crippen LogP contribution is -2.47. The van der Waals surface area contributed by atoms with Crippen molar-refractivity contribution in [2.75, 3.05) is 11.4 Å². The average Bonchev–Trinajstić information content (AvgIpc) is 3.09. The van der Waals surface area contributed by atoms with E-state index >= 15 is 0 Å². The molecule has 0 aliphatic carbocycles. The molecular weight excluding hydrogens is 306 g/mol. The zero-order valence-electron chi connectivity index (χ0n) is 14.1. The van der Waals surface area contributed by atoms with Gasteiger partial charge in [0.25, 0.3) is 0 Å². The smallest absolute Gasteiger partial charge is 0.243 e.